The fourth-order valence-electron chi connectivity index (χ4n) is 12.1. The Morgan fingerprint density at radius 2 is 1.54 bits per heavy atom. The van der Waals surface area contributed by atoms with Crippen molar-refractivity contribution >= 4 is 17.9 Å². The Morgan fingerprint density at radius 1 is 0.854 bits per heavy atom. The number of hydrogen-bond donors (Lipinski definition) is 2. The van der Waals surface area contributed by atoms with E-state index in [1.54, 1.807) is 0 Å². The molecule has 0 heterocycles. The molecule has 5 aliphatic rings. The lowest BCUT2D eigenvalue weighted by molar-refractivity contribution is -0.238. The molecule has 0 radical (unpaired) electrons. The van der Waals surface area contributed by atoms with Gasteiger partial charge in [0.15, 0.2) is 0 Å². The number of ether oxygens (including phenoxy) is 2. The maximum absolute atomic E-state index is 14.3. The first-order chi connectivity index (χ1) is 22.4. The number of rotatable bonds is 7. The number of carbonyl (C=O) groups excluding carboxylic acids is 2. The molecule has 5 aliphatic carbocycles. The standard InChI is InChI=1S/C41H58O7/c1-36(2)19-21-41(35(46)47-25-26-11-9-8-10-12-26)22-20-39(6)27(28(41)23-36)13-14-31-38(5)24-29(48-33(44)16-15-32(42)43)34(45)37(3,4)30(38)17-18-40(31,39)7/h8-13,28-31,34,45H,14-25H2,1-7H3,(H,42,43)/t28-,29+,30-,31+,34-,38-,39+,40+,41-/m0/s1. The average Bonchev–Trinajstić information content (AvgIpc) is 3.02. The highest BCUT2D eigenvalue weighted by molar-refractivity contribution is 5.79. The summed E-state index contributed by atoms with van der Waals surface area (Å²) < 4.78 is 12.1. The van der Waals surface area contributed by atoms with Gasteiger partial charge in [-0.25, -0.2) is 0 Å². The van der Waals surface area contributed by atoms with E-state index in [-0.39, 0.29) is 52.3 Å². The van der Waals surface area contributed by atoms with Crippen molar-refractivity contribution in [3.8, 4) is 0 Å². The van der Waals surface area contributed by atoms with Crippen molar-refractivity contribution in [1.29, 1.82) is 0 Å². The van der Waals surface area contributed by atoms with E-state index in [0.717, 1.165) is 56.9 Å². The van der Waals surface area contributed by atoms with Crippen LogP contribution in [-0.2, 0) is 30.5 Å². The molecule has 4 fully saturated rings. The van der Waals surface area contributed by atoms with Gasteiger partial charge in [-0.2, -0.15) is 0 Å². The summed E-state index contributed by atoms with van der Waals surface area (Å²) in [6, 6.07) is 9.98. The molecule has 0 aliphatic heterocycles. The maximum Gasteiger partial charge on any atom is 0.313 e. The molecule has 1 aromatic rings. The largest absolute Gasteiger partial charge is 0.481 e. The van der Waals surface area contributed by atoms with E-state index in [9.17, 15) is 19.5 Å². The van der Waals surface area contributed by atoms with Gasteiger partial charge in [0.05, 0.1) is 24.4 Å². The second-order valence-electron chi connectivity index (χ2n) is 18.3. The van der Waals surface area contributed by atoms with Crippen LogP contribution in [-0.4, -0.2) is 40.3 Å². The molecule has 0 unspecified atom stereocenters. The number of aliphatic hydroxyl groups is 1. The third-order valence-corrected chi connectivity index (χ3v) is 15.0. The highest BCUT2D eigenvalue weighted by atomic mass is 16.6. The van der Waals surface area contributed by atoms with Crippen LogP contribution in [0.4, 0.5) is 0 Å². The SMILES string of the molecule is CC1(C)CC[C@]2(C(=O)OCc3ccccc3)CC[C@]3(C)C(=CC[C@@H]4[C@@]5(C)C[C@@H](OC(=O)CCC(=O)O)[C@H](O)C(C)(C)[C@@H]5CC[C@]43C)[C@@H]2C1. The molecule has 0 aromatic heterocycles. The normalized spacial score (nSPS) is 40.9. The molecular weight excluding hydrogens is 604 g/mol. The Morgan fingerprint density at radius 3 is 2.23 bits per heavy atom. The molecule has 0 amide bonds. The van der Waals surface area contributed by atoms with Gasteiger partial charge >= 0.3 is 17.9 Å². The maximum atomic E-state index is 14.3. The highest BCUT2D eigenvalue weighted by Crippen LogP contribution is 2.76. The topological polar surface area (TPSA) is 110 Å². The number of fused-ring (bicyclic) bond motifs is 7. The fraction of sp³-hybridized carbons (Fsp3) is 0.732. The van der Waals surface area contributed by atoms with Crippen molar-refractivity contribution in [2.75, 3.05) is 0 Å². The zero-order valence-corrected chi connectivity index (χ0v) is 30.3. The van der Waals surface area contributed by atoms with Crippen LogP contribution < -0.4 is 0 Å². The van der Waals surface area contributed by atoms with Gasteiger partial charge in [0, 0.05) is 0 Å². The van der Waals surface area contributed by atoms with Crippen molar-refractivity contribution in [3.05, 3.63) is 47.5 Å². The number of hydrogen-bond acceptors (Lipinski definition) is 6. The number of esters is 2. The van der Waals surface area contributed by atoms with Gasteiger partial charge in [0.25, 0.3) is 0 Å². The number of carbonyl (C=O) groups is 3. The highest BCUT2D eigenvalue weighted by Gasteiger charge is 2.70. The number of benzene rings is 1. The summed E-state index contributed by atoms with van der Waals surface area (Å²) in [6.07, 6.45) is 8.62. The zero-order chi connectivity index (χ0) is 34.9. The van der Waals surface area contributed by atoms with Crippen molar-refractivity contribution in [1.82, 2.24) is 0 Å². The van der Waals surface area contributed by atoms with E-state index >= 15 is 0 Å². The van der Waals surface area contributed by atoms with Crippen LogP contribution in [0.1, 0.15) is 125 Å². The number of allylic oxidation sites excluding steroid dienone is 2. The second-order valence-corrected chi connectivity index (χ2v) is 18.3. The fourth-order valence-corrected chi connectivity index (χ4v) is 12.1. The Hall–Kier alpha value is -2.67. The molecule has 264 valence electrons. The molecule has 0 saturated heterocycles. The van der Waals surface area contributed by atoms with Crippen molar-refractivity contribution in [2.24, 2.45) is 50.2 Å². The summed E-state index contributed by atoms with van der Waals surface area (Å²) in [5.41, 5.74) is 1.29. The van der Waals surface area contributed by atoms with E-state index in [0.29, 0.717) is 18.9 Å². The van der Waals surface area contributed by atoms with Gasteiger partial charge in [-0.15, -0.1) is 0 Å². The summed E-state index contributed by atoms with van der Waals surface area (Å²) in [7, 11) is 0. The molecule has 48 heavy (non-hydrogen) atoms. The van der Waals surface area contributed by atoms with E-state index in [4.69, 9.17) is 14.6 Å². The van der Waals surface area contributed by atoms with Gasteiger partial charge < -0.3 is 19.7 Å². The molecule has 1 aromatic carbocycles. The Labute approximate surface area is 287 Å². The van der Waals surface area contributed by atoms with Gasteiger partial charge in [-0.3, -0.25) is 14.4 Å². The summed E-state index contributed by atoms with van der Waals surface area (Å²) in [5.74, 6) is -0.939. The summed E-state index contributed by atoms with van der Waals surface area (Å²) in [5, 5.41) is 20.7. The Kier molecular flexibility index (Phi) is 8.78. The average molecular weight is 663 g/mol. The van der Waals surface area contributed by atoms with E-state index < -0.39 is 35.0 Å². The van der Waals surface area contributed by atoms with Crippen LogP contribution in [0.25, 0.3) is 0 Å². The van der Waals surface area contributed by atoms with Crippen molar-refractivity contribution < 1.29 is 34.1 Å². The van der Waals surface area contributed by atoms with Gasteiger partial charge in [-0.1, -0.05) is 90.4 Å². The predicted molar refractivity (Wildman–Crippen MR) is 183 cm³/mol. The van der Waals surface area contributed by atoms with Crippen molar-refractivity contribution in [3.63, 3.8) is 0 Å². The smallest absolute Gasteiger partial charge is 0.313 e. The number of carboxylic acid groups (broad SMARTS) is 1. The lowest BCUT2D eigenvalue weighted by Crippen LogP contribution is -2.67. The van der Waals surface area contributed by atoms with Gasteiger partial charge in [-0.05, 0) is 108 Å². The molecule has 9 atom stereocenters. The van der Waals surface area contributed by atoms with Crippen LogP contribution in [0.5, 0.6) is 0 Å². The Bertz CT molecular complexity index is 1460. The molecule has 4 saturated carbocycles. The van der Waals surface area contributed by atoms with Crippen LogP contribution in [0, 0.1) is 50.2 Å². The first-order valence-electron chi connectivity index (χ1n) is 18.4. The van der Waals surface area contributed by atoms with Crippen LogP contribution in [0.3, 0.4) is 0 Å². The third kappa shape index (κ3) is 5.45. The molecular formula is C41H58O7. The molecule has 6 rings (SSSR count). The summed E-state index contributed by atoms with van der Waals surface area (Å²) in [4.78, 5) is 38.2. The molecule has 7 nitrogen and oxygen atoms in total. The minimum atomic E-state index is -1.04. The van der Waals surface area contributed by atoms with Crippen LogP contribution in [0.15, 0.2) is 42.0 Å². The van der Waals surface area contributed by atoms with E-state index in [1.807, 2.05) is 30.3 Å². The minimum Gasteiger partial charge on any atom is -0.481 e. The van der Waals surface area contributed by atoms with Gasteiger partial charge in [0.1, 0.15) is 12.7 Å². The van der Waals surface area contributed by atoms with Crippen molar-refractivity contribution in [2.45, 2.75) is 138 Å². The lowest BCUT2D eigenvalue weighted by Gasteiger charge is -2.71. The molecule has 7 heteroatoms. The quantitative estimate of drug-likeness (QED) is 0.223. The van der Waals surface area contributed by atoms with E-state index in [1.165, 1.54) is 5.57 Å². The lowest BCUT2D eigenvalue weighted by atomic mass is 9.33. The molecule has 2 N–H and O–H groups in total. The third-order valence-electron chi connectivity index (χ3n) is 15.0. The Balaban J connectivity index is 1.33. The first-order valence-corrected chi connectivity index (χ1v) is 18.4. The van der Waals surface area contributed by atoms with Crippen LogP contribution >= 0.6 is 0 Å². The zero-order valence-electron chi connectivity index (χ0n) is 30.3. The monoisotopic (exact) mass is 662 g/mol. The number of aliphatic hydroxyl groups excluding tert-OH is 1. The first kappa shape index (κ1) is 35.2. The summed E-state index contributed by atoms with van der Waals surface area (Å²) >= 11 is 0. The molecule has 0 bridgehead atoms. The second kappa shape index (κ2) is 12.0. The predicted octanol–water partition coefficient (Wildman–Crippen LogP) is 8.28. The summed E-state index contributed by atoms with van der Waals surface area (Å²) in [6.45, 7) is 16.6. The number of carboxylic acids is 1. The van der Waals surface area contributed by atoms with Gasteiger partial charge in [0.2, 0.25) is 0 Å². The number of aliphatic carboxylic acids is 1. The van der Waals surface area contributed by atoms with E-state index in [2.05, 4.69) is 54.5 Å². The van der Waals surface area contributed by atoms with Crippen LogP contribution in [0.2, 0.25) is 0 Å². The minimum absolute atomic E-state index is 0.0340. The molecule has 0 spiro atoms.